The van der Waals surface area contributed by atoms with Crippen molar-refractivity contribution in [3.8, 4) is 6.07 Å². The Morgan fingerprint density at radius 3 is 2.40 bits per heavy atom. The lowest BCUT2D eigenvalue weighted by atomic mass is 10.1. The van der Waals surface area contributed by atoms with Gasteiger partial charge in [0.2, 0.25) is 5.91 Å². The zero-order chi connectivity index (χ0) is 17.9. The Bertz CT molecular complexity index is 734. The highest BCUT2D eigenvalue weighted by molar-refractivity contribution is 5.92. The van der Waals surface area contributed by atoms with Crippen molar-refractivity contribution in [3.63, 3.8) is 0 Å². The molecule has 0 unspecified atom stereocenters. The minimum absolute atomic E-state index is 0.0491. The monoisotopic (exact) mass is 336 g/mol. The number of anilines is 1. The number of nitriles is 1. The van der Waals surface area contributed by atoms with Gasteiger partial charge in [-0.2, -0.15) is 5.26 Å². The van der Waals surface area contributed by atoms with Crippen molar-refractivity contribution in [3.05, 3.63) is 65.7 Å². The number of amides is 1. The van der Waals surface area contributed by atoms with Crippen LogP contribution in [-0.2, 0) is 20.7 Å². The van der Waals surface area contributed by atoms with E-state index in [1.165, 1.54) is 5.56 Å². The van der Waals surface area contributed by atoms with Gasteiger partial charge < -0.3 is 10.1 Å². The third-order valence-electron chi connectivity index (χ3n) is 3.57. The highest BCUT2D eigenvalue weighted by atomic mass is 16.5. The number of ether oxygens (including phenoxy) is 1. The predicted molar refractivity (Wildman–Crippen MR) is 94.7 cm³/mol. The molecule has 2 rings (SSSR count). The fraction of sp³-hybridized carbons (Fsp3) is 0.250. The summed E-state index contributed by atoms with van der Waals surface area (Å²) in [6, 6.07) is 18.6. The topological polar surface area (TPSA) is 79.2 Å². The predicted octanol–water partition coefficient (Wildman–Crippen LogP) is 3.45. The average Bonchev–Trinajstić information content (AvgIpc) is 2.65. The van der Waals surface area contributed by atoms with Gasteiger partial charge in [-0.3, -0.25) is 9.59 Å². The molecule has 128 valence electrons. The van der Waals surface area contributed by atoms with Gasteiger partial charge in [-0.1, -0.05) is 30.3 Å². The summed E-state index contributed by atoms with van der Waals surface area (Å²) in [6.07, 6.45) is 1.73. The lowest BCUT2D eigenvalue weighted by Gasteiger charge is -2.06. The molecule has 0 radical (unpaired) electrons. The molecule has 0 aliphatic carbocycles. The largest absolute Gasteiger partial charge is 0.466 e. The van der Waals surface area contributed by atoms with Crippen molar-refractivity contribution in [1.82, 2.24) is 0 Å². The quantitative estimate of drug-likeness (QED) is 0.591. The number of esters is 1. The van der Waals surface area contributed by atoms with Crippen molar-refractivity contribution >= 4 is 17.6 Å². The lowest BCUT2D eigenvalue weighted by molar-refractivity contribution is -0.144. The van der Waals surface area contributed by atoms with Crippen molar-refractivity contribution in [2.75, 3.05) is 11.9 Å². The molecule has 1 amide bonds. The van der Waals surface area contributed by atoms with Gasteiger partial charge >= 0.3 is 5.97 Å². The number of nitrogens with one attached hydrogen (secondary N) is 1. The van der Waals surface area contributed by atoms with Crippen molar-refractivity contribution in [2.45, 2.75) is 25.7 Å². The fourth-order valence-corrected chi connectivity index (χ4v) is 2.25. The molecule has 1 N–H and O–H groups in total. The number of rotatable bonds is 8. The van der Waals surface area contributed by atoms with Gasteiger partial charge in [-0.25, -0.2) is 0 Å². The van der Waals surface area contributed by atoms with Crippen LogP contribution in [0.4, 0.5) is 5.69 Å². The maximum Gasteiger partial charge on any atom is 0.306 e. The zero-order valence-electron chi connectivity index (χ0n) is 13.9. The molecular weight excluding hydrogens is 316 g/mol. The summed E-state index contributed by atoms with van der Waals surface area (Å²) in [4.78, 5) is 23.5. The molecular formula is C20H20N2O3. The standard InChI is InChI=1S/C20H20N2O3/c21-15-17-8-10-18(11-9-17)22-19(23)12-13-20(24)25-14-4-7-16-5-2-1-3-6-16/h1-3,5-6,8-11H,4,7,12-14H2,(H,22,23). The average molecular weight is 336 g/mol. The van der Waals surface area contributed by atoms with E-state index in [2.05, 4.69) is 5.32 Å². The summed E-state index contributed by atoms with van der Waals surface area (Å²) in [7, 11) is 0. The summed E-state index contributed by atoms with van der Waals surface area (Å²) < 4.78 is 5.14. The number of carbonyl (C=O) groups is 2. The van der Waals surface area contributed by atoms with Crippen LogP contribution in [0.25, 0.3) is 0 Å². The van der Waals surface area contributed by atoms with Gasteiger partial charge in [0.1, 0.15) is 0 Å². The number of nitrogens with zero attached hydrogens (tertiary/aromatic N) is 1. The molecule has 0 saturated heterocycles. The second-order valence-electron chi connectivity index (χ2n) is 5.55. The van der Waals surface area contributed by atoms with E-state index in [0.717, 1.165) is 12.8 Å². The molecule has 0 aliphatic rings. The van der Waals surface area contributed by atoms with Crippen LogP contribution >= 0.6 is 0 Å². The first-order chi connectivity index (χ1) is 12.2. The minimum Gasteiger partial charge on any atom is -0.466 e. The van der Waals surface area contributed by atoms with Crippen LogP contribution in [-0.4, -0.2) is 18.5 Å². The second kappa shape index (κ2) is 9.89. The maximum absolute atomic E-state index is 11.8. The molecule has 0 spiro atoms. The molecule has 0 atom stereocenters. The van der Waals surface area contributed by atoms with E-state index in [4.69, 9.17) is 10.00 Å². The van der Waals surface area contributed by atoms with Crippen LogP contribution in [0.3, 0.4) is 0 Å². The minimum atomic E-state index is -0.372. The van der Waals surface area contributed by atoms with E-state index in [9.17, 15) is 9.59 Å². The van der Waals surface area contributed by atoms with Gasteiger partial charge in [0.05, 0.1) is 24.7 Å². The molecule has 0 fully saturated rings. The number of hydrogen-bond donors (Lipinski definition) is 1. The molecule has 0 heterocycles. The van der Waals surface area contributed by atoms with Gasteiger partial charge in [-0.15, -0.1) is 0 Å². The molecule has 0 aliphatic heterocycles. The number of benzene rings is 2. The fourth-order valence-electron chi connectivity index (χ4n) is 2.25. The normalized spacial score (nSPS) is 9.88. The number of hydrogen-bond acceptors (Lipinski definition) is 4. The zero-order valence-corrected chi connectivity index (χ0v) is 13.9. The van der Waals surface area contributed by atoms with Crippen LogP contribution in [0.1, 0.15) is 30.4 Å². The Labute approximate surface area is 147 Å². The number of aryl methyl sites for hydroxylation is 1. The Balaban J connectivity index is 1.60. The van der Waals surface area contributed by atoms with Crippen LogP contribution in [0.5, 0.6) is 0 Å². The highest BCUT2D eigenvalue weighted by Gasteiger charge is 2.08. The van der Waals surface area contributed by atoms with Crippen LogP contribution in [0, 0.1) is 11.3 Å². The molecule has 0 saturated carbocycles. The molecule has 25 heavy (non-hydrogen) atoms. The van der Waals surface area contributed by atoms with Gasteiger partial charge in [0, 0.05) is 12.1 Å². The molecule has 5 heteroatoms. The summed E-state index contributed by atoms with van der Waals surface area (Å²) in [6.45, 7) is 0.352. The molecule has 0 bridgehead atoms. The van der Waals surface area contributed by atoms with E-state index >= 15 is 0 Å². The second-order valence-corrected chi connectivity index (χ2v) is 5.55. The smallest absolute Gasteiger partial charge is 0.306 e. The highest BCUT2D eigenvalue weighted by Crippen LogP contribution is 2.10. The van der Waals surface area contributed by atoms with E-state index in [-0.39, 0.29) is 24.7 Å². The molecule has 0 aromatic heterocycles. The van der Waals surface area contributed by atoms with Crippen LogP contribution in [0.15, 0.2) is 54.6 Å². The van der Waals surface area contributed by atoms with Crippen LogP contribution < -0.4 is 5.32 Å². The van der Waals surface area contributed by atoms with E-state index in [0.29, 0.717) is 17.9 Å². The molecule has 5 nitrogen and oxygen atoms in total. The third-order valence-corrected chi connectivity index (χ3v) is 3.57. The summed E-state index contributed by atoms with van der Waals surface area (Å²) in [5, 5.41) is 11.4. The van der Waals surface area contributed by atoms with E-state index < -0.39 is 0 Å². The Hall–Kier alpha value is -3.13. The summed E-state index contributed by atoms with van der Waals surface area (Å²) >= 11 is 0. The maximum atomic E-state index is 11.8. The first-order valence-corrected chi connectivity index (χ1v) is 8.17. The lowest BCUT2D eigenvalue weighted by Crippen LogP contribution is -2.15. The summed E-state index contributed by atoms with van der Waals surface area (Å²) in [5.41, 5.74) is 2.33. The Morgan fingerprint density at radius 2 is 1.72 bits per heavy atom. The van der Waals surface area contributed by atoms with Crippen LogP contribution in [0.2, 0.25) is 0 Å². The molecule has 2 aromatic rings. The van der Waals surface area contributed by atoms with Crippen molar-refractivity contribution < 1.29 is 14.3 Å². The first-order valence-electron chi connectivity index (χ1n) is 8.17. The Kier molecular flexibility index (Phi) is 7.20. The SMILES string of the molecule is N#Cc1ccc(NC(=O)CCC(=O)OCCCc2ccccc2)cc1. The van der Waals surface area contributed by atoms with Crippen molar-refractivity contribution in [2.24, 2.45) is 0 Å². The Morgan fingerprint density at radius 1 is 1.00 bits per heavy atom. The van der Waals surface area contributed by atoms with Gasteiger partial charge in [0.25, 0.3) is 0 Å². The van der Waals surface area contributed by atoms with Gasteiger partial charge in [0.15, 0.2) is 0 Å². The number of carbonyl (C=O) groups excluding carboxylic acids is 2. The van der Waals surface area contributed by atoms with E-state index in [1.807, 2.05) is 36.4 Å². The van der Waals surface area contributed by atoms with E-state index in [1.54, 1.807) is 24.3 Å². The van der Waals surface area contributed by atoms with Crippen molar-refractivity contribution in [1.29, 1.82) is 5.26 Å². The first kappa shape index (κ1) is 18.2. The molecule has 2 aromatic carbocycles. The third kappa shape index (κ3) is 6.88. The summed E-state index contributed by atoms with van der Waals surface area (Å²) in [5.74, 6) is -0.631. The van der Waals surface area contributed by atoms with Gasteiger partial charge in [-0.05, 0) is 42.7 Å².